The van der Waals surface area contributed by atoms with Gasteiger partial charge < -0.3 is 14.8 Å². The van der Waals surface area contributed by atoms with Crippen LogP contribution in [0, 0.1) is 0 Å². The van der Waals surface area contributed by atoms with E-state index in [1.54, 1.807) is 14.2 Å². The van der Waals surface area contributed by atoms with Crippen molar-refractivity contribution in [2.45, 2.75) is 0 Å². The van der Waals surface area contributed by atoms with E-state index in [-0.39, 0.29) is 0 Å². The van der Waals surface area contributed by atoms with E-state index in [1.807, 2.05) is 36.7 Å². The second-order valence-corrected chi connectivity index (χ2v) is 3.17. The van der Waals surface area contributed by atoms with Crippen LogP contribution in [-0.2, 0) is 0 Å². The molecular weight excluding hydrogens is 190 g/mol. The van der Waals surface area contributed by atoms with Gasteiger partial charge in [0.15, 0.2) is 11.5 Å². The van der Waals surface area contributed by atoms with Gasteiger partial charge in [0.2, 0.25) is 0 Å². The van der Waals surface area contributed by atoms with E-state index in [0.717, 1.165) is 22.6 Å². The van der Waals surface area contributed by atoms with Crippen molar-refractivity contribution < 1.29 is 9.47 Å². The second-order valence-electron chi connectivity index (χ2n) is 3.17. The first kappa shape index (κ1) is 9.65. The molecule has 15 heavy (non-hydrogen) atoms. The molecule has 1 aromatic rings. The summed E-state index contributed by atoms with van der Waals surface area (Å²) in [7, 11) is 3.28. The monoisotopic (exact) mass is 203 g/mol. The summed E-state index contributed by atoms with van der Waals surface area (Å²) in [4.78, 5) is 0. The largest absolute Gasteiger partial charge is 0.493 e. The van der Waals surface area contributed by atoms with Crippen LogP contribution in [0.2, 0.25) is 0 Å². The molecule has 0 atom stereocenters. The number of benzene rings is 1. The van der Waals surface area contributed by atoms with Gasteiger partial charge in [-0.05, 0) is 35.4 Å². The van der Waals surface area contributed by atoms with Crippen molar-refractivity contribution in [3.8, 4) is 11.5 Å². The quantitative estimate of drug-likeness (QED) is 0.799. The lowest BCUT2D eigenvalue weighted by Gasteiger charge is -2.10. The topological polar surface area (TPSA) is 30.5 Å². The maximum atomic E-state index is 5.24. The molecule has 3 heteroatoms. The third kappa shape index (κ3) is 1.81. The van der Waals surface area contributed by atoms with Gasteiger partial charge in [0.1, 0.15) is 0 Å². The van der Waals surface area contributed by atoms with Gasteiger partial charge >= 0.3 is 0 Å². The Morgan fingerprint density at radius 1 is 0.867 bits per heavy atom. The Morgan fingerprint density at radius 3 is 1.73 bits per heavy atom. The van der Waals surface area contributed by atoms with Crippen LogP contribution in [0.5, 0.6) is 11.5 Å². The van der Waals surface area contributed by atoms with Gasteiger partial charge in [-0.25, -0.2) is 0 Å². The summed E-state index contributed by atoms with van der Waals surface area (Å²) >= 11 is 0. The fraction of sp³-hybridized carbons (Fsp3) is 0.167. The zero-order valence-corrected chi connectivity index (χ0v) is 8.78. The van der Waals surface area contributed by atoms with Crippen molar-refractivity contribution in [1.29, 1.82) is 0 Å². The lowest BCUT2D eigenvalue weighted by Crippen LogP contribution is -1.92. The molecule has 1 aliphatic rings. The molecule has 1 aromatic carbocycles. The molecule has 0 aromatic heterocycles. The van der Waals surface area contributed by atoms with Crippen LogP contribution < -0.4 is 14.8 Å². The molecule has 0 bridgehead atoms. The van der Waals surface area contributed by atoms with Crippen LogP contribution in [0.4, 0.5) is 0 Å². The first-order valence-corrected chi connectivity index (χ1v) is 4.70. The van der Waals surface area contributed by atoms with Crippen LogP contribution in [0.1, 0.15) is 11.1 Å². The number of fused-ring (bicyclic) bond motifs is 1. The highest BCUT2D eigenvalue weighted by Crippen LogP contribution is 2.32. The van der Waals surface area contributed by atoms with Gasteiger partial charge in [0, 0.05) is 12.4 Å². The number of rotatable bonds is 2. The minimum atomic E-state index is 0.746. The van der Waals surface area contributed by atoms with E-state index in [2.05, 4.69) is 5.32 Å². The summed E-state index contributed by atoms with van der Waals surface area (Å²) in [6, 6.07) is 3.92. The van der Waals surface area contributed by atoms with E-state index >= 15 is 0 Å². The van der Waals surface area contributed by atoms with Crippen molar-refractivity contribution >= 4 is 12.2 Å². The summed E-state index contributed by atoms with van der Waals surface area (Å²) < 4.78 is 10.5. The van der Waals surface area contributed by atoms with Crippen LogP contribution in [-0.4, -0.2) is 14.2 Å². The third-order valence-corrected chi connectivity index (χ3v) is 2.31. The lowest BCUT2D eigenvalue weighted by atomic mass is 10.1. The van der Waals surface area contributed by atoms with Crippen molar-refractivity contribution in [2.24, 2.45) is 0 Å². The molecule has 0 saturated carbocycles. The zero-order chi connectivity index (χ0) is 10.7. The average Bonchev–Trinajstić information content (AvgIpc) is 2.51. The summed E-state index contributed by atoms with van der Waals surface area (Å²) in [6.07, 6.45) is 7.76. The molecule has 0 fully saturated rings. The van der Waals surface area contributed by atoms with E-state index in [0.29, 0.717) is 0 Å². The SMILES string of the molecule is COc1cc2c(cc1OC)C=CNC=C2. The fourth-order valence-electron chi connectivity index (χ4n) is 1.53. The molecule has 1 N–H and O–H groups in total. The fourth-order valence-corrected chi connectivity index (χ4v) is 1.53. The van der Waals surface area contributed by atoms with E-state index in [9.17, 15) is 0 Å². The predicted molar refractivity (Wildman–Crippen MR) is 60.7 cm³/mol. The Morgan fingerprint density at radius 2 is 1.33 bits per heavy atom. The molecule has 1 aliphatic heterocycles. The summed E-state index contributed by atoms with van der Waals surface area (Å²) in [5.41, 5.74) is 2.21. The van der Waals surface area contributed by atoms with Crippen molar-refractivity contribution in [2.75, 3.05) is 14.2 Å². The van der Waals surface area contributed by atoms with Crippen LogP contribution in [0.25, 0.3) is 12.2 Å². The maximum absolute atomic E-state index is 5.24. The Bertz CT molecular complexity index is 383. The number of nitrogens with one attached hydrogen (secondary N) is 1. The molecule has 2 rings (SSSR count). The Hall–Kier alpha value is -1.90. The number of ether oxygens (including phenoxy) is 2. The molecule has 0 aliphatic carbocycles. The Labute approximate surface area is 89.0 Å². The second kappa shape index (κ2) is 4.09. The number of methoxy groups -OCH3 is 2. The van der Waals surface area contributed by atoms with Crippen molar-refractivity contribution in [3.63, 3.8) is 0 Å². The van der Waals surface area contributed by atoms with E-state index in [4.69, 9.17) is 9.47 Å². The molecule has 3 nitrogen and oxygen atoms in total. The summed E-state index contributed by atoms with van der Waals surface area (Å²) in [5.74, 6) is 1.49. The molecule has 0 spiro atoms. The molecule has 0 radical (unpaired) electrons. The maximum Gasteiger partial charge on any atom is 0.161 e. The van der Waals surface area contributed by atoms with Crippen LogP contribution in [0.3, 0.4) is 0 Å². The molecule has 0 amide bonds. The van der Waals surface area contributed by atoms with Crippen molar-refractivity contribution in [1.82, 2.24) is 5.32 Å². The molecule has 78 valence electrons. The van der Waals surface area contributed by atoms with Gasteiger partial charge in [0.25, 0.3) is 0 Å². The van der Waals surface area contributed by atoms with Gasteiger partial charge in [-0.2, -0.15) is 0 Å². The highest BCUT2D eigenvalue weighted by Gasteiger charge is 2.08. The van der Waals surface area contributed by atoms with Crippen LogP contribution >= 0.6 is 0 Å². The summed E-state index contributed by atoms with van der Waals surface area (Å²) in [6.45, 7) is 0. The van der Waals surface area contributed by atoms with Gasteiger partial charge in [0.05, 0.1) is 14.2 Å². The van der Waals surface area contributed by atoms with E-state index in [1.165, 1.54) is 0 Å². The Kier molecular flexibility index (Phi) is 2.63. The smallest absolute Gasteiger partial charge is 0.161 e. The van der Waals surface area contributed by atoms with E-state index < -0.39 is 0 Å². The minimum Gasteiger partial charge on any atom is -0.493 e. The van der Waals surface area contributed by atoms with Gasteiger partial charge in [-0.15, -0.1) is 0 Å². The van der Waals surface area contributed by atoms with Crippen molar-refractivity contribution in [3.05, 3.63) is 35.7 Å². The first-order valence-electron chi connectivity index (χ1n) is 4.70. The van der Waals surface area contributed by atoms with Crippen LogP contribution in [0.15, 0.2) is 24.5 Å². The lowest BCUT2D eigenvalue weighted by molar-refractivity contribution is 0.355. The minimum absolute atomic E-state index is 0.746. The zero-order valence-electron chi connectivity index (χ0n) is 8.78. The third-order valence-electron chi connectivity index (χ3n) is 2.31. The number of hydrogen-bond acceptors (Lipinski definition) is 3. The summed E-state index contributed by atoms with van der Waals surface area (Å²) in [5, 5.41) is 3.03. The first-order chi connectivity index (χ1) is 7.35. The molecule has 0 saturated heterocycles. The number of hydrogen-bond donors (Lipinski definition) is 1. The van der Waals surface area contributed by atoms with Gasteiger partial charge in [-0.3, -0.25) is 0 Å². The highest BCUT2D eigenvalue weighted by atomic mass is 16.5. The highest BCUT2D eigenvalue weighted by molar-refractivity contribution is 5.70. The average molecular weight is 203 g/mol. The molecular formula is C12H13NO2. The standard InChI is InChI=1S/C12H13NO2/c1-14-11-7-9-3-5-13-6-4-10(9)8-12(11)15-2/h3-8,13H,1-2H3. The molecule has 1 heterocycles. The molecule has 0 unspecified atom stereocenters. The predicted octanol–water partition coefficient (Wildman–Crippen LogP) is 2.25. The Balaban J connectivity index is 2.56. The van der Waals surface area contributed by atoms with Gasteiger partial charge in [-0.1, -0.05) is 0 Å². The normalized spacial score (nSPS) is 12.7.